The molecule has 3 aromatic rings. The van der Waals surface area contributed by atoms with Crippen LogP contribution in [0.5, 0.6) is 0 Å². The van der Waals surface area contributed by atoms with Crippen molar-refractivity contribution in [2.75, 3.05) is 13.1 Å². The number of Topliss-reactive ketones (excluding diaryl/α,β-unsaturated/α-hetero) is 1. The largest absolute Gasteiger partial charge is 0.369 e. The molecular weight excluding hydrogens is 436 g/mol. The van der Waals surface area contributed by atoms with Crippen molar-refractivity contribution < 1.29 is 4.79 Å². The van der Waals surface area contributed by atoms with E-state index in [0.29, 0.717) is 0 Å². The van der Waals surface area contributed by atoms with E-state index in [1.807, 2.05) is 48.5 Å². The van der Waals surface area contributed by atoms with Gasteiger partial charge in [-0.1, -0.05) is 88.7 Å². The maximum Gasteiger partial charge on any atom is 0.193 e. The number of carbonyl (C=O) groups is 1. The van der Waals surface area contributed by atoms with Crippen molar-refractivity contribution >= 4 is 27.4 Å². The number of hydrogen-bond donors (Lipinski definition) is 1. The highest BCUT2D eigenvalue weighted by Crippen LogP contribution is 2.41. The van der Waals surface area contributed by atoms with Crippen LogP contribution in [0.25, 0.3) is 5.70 Å². The first kappa shape index (κ1) is 18.9. The van der Waals surface area contributed by atoms with Gasteiger partial charge < -0.3 is 10.2 Å². The van der Waals surface area contributed by atoms with E-state index in [1.54, 1.807) is 0 Å². The average molecular weight is 457 g/mol. The van der Waals surface area contributed by atoms with Gasteiger partial charge in [-0.2, -0.15) is 0 Å². The van der Waals surface area contributed by atoms with Crippen molar-refractivity contribution in [3.05, 3.63) is 124 Å². The van der Waals surface area contributed by atoms with E-state index in [1.165, 1.54) is 0 Å². The number of hydrogen-bond acceptors (Lipinski definition) is 3. The lowest BCUT2D eigenvalue weighted by atomic mass is 9.82. The maximum atomic E-state index is 13.7. The third-order valence-electron chi connectivity index (χ3n) is 5.66. The predicted molar refractivity (Wildman–Crippen MR) is 124 cm³/mol. The van der Waals surface area contributed by atoms with Crippen molar-refractivity contribution in [1.29, 1.82) is 0 Å². The number of ketones is 1. The van der Waals surface area contributed by atoms with Crippen LogP contribution in [0.15, 0.2) is 107 Å². The van der Waals surface area contributed by atoms with E-state index < -0.39 is 0 Å². The predicted octanol–water partition coefficient (Wildman–Crippen LogP) is 5.59. The molecule has 5 rings (SSSR count). The Balaban J connectivity index is 1.68. The zero-order valence-electron chi connectivity index (χ0n) is 16.4. The van der Waals surface area contributed by atoms with Crippen molar-refractivity contribution in [3.63, 3.8) is 0 Å². The van der Waals surface area contributed by atoms with Gasteiger partial charge in [-0.25, -0.2) is 0 Å². The molecule has 2 aliphatic rings. The van der Waals surface area contributed by atoms with Gasteiger partial charge >= 0.3 is 0 Å². The molecule has 0 radical (unpaired) electrons. The van der Waals surface area contributed by atoms with Gasteiger partial charge in [0, 0.05) is 34.7 Å². The highest BCUT2D eigenvalue weighted by atomic mass is 79.9. The Labute approximate surface area is 184 Å². The molecule has 2 heterocycles. The molecule has 1 saturated heterocycles. The van der Waals surface area contributed by atoms with E-state index >= 15 is 0 Å². The van der Waals surface area contributed by atoms with E-state index in [9.17, 15) is 4.79 Å². The second kappa shape index (κ2) is 7.96. The molecule has 1 fully saturated rings. The van der Waals surface area contributed by atoms with E-state index in [0.717, 1.165) is 51.3 Å². The number of allylic oxidation sites excluding steroid dienone is 2. The number of nitrogens with zero attached hydrogens (tertiary/aromatic N) is 1. The molecule has 0 bridgehead atoms. The minimum atomic E-state index is -0.116. The molecule has 0 amide bonds. The first-order valence-electron chi connectivity index (χ1n) is 10.1. The minimum Gasteiger partial charge on any atom is -0.369 e. The third kappa shape index (κ3) is 3.37. The number of benzene rings is 3. The van der Waals surface area contributed by atoms with Crippen LogP contribution >= 0.6 is 15.9 Å². The van der Waals surface area contributed by atoms with Crippen molar-refractivity contribution in [3.8, 4) is 0 Å². The number of halogens is 1. The quantitative estimate of drug-likeness (QED) is 0.519. The first-order valence-corrected chi connectivity index (χ1v) is 10.9. The highest BCUT2D eigenvalue weighted by molar-refractivity contribution is 9.10. The summed E-state index contributed by atoms with van der Waals surface area (Å²) in [6.07, 6.45) is 2.24. The van der Waals surface area contributed by atoms with E-state index in [-0.39, 0.29) is 11.7 Å². The molecule has 3 aromatic carbocycles. The summed E-state index contributed by atoms with van der Waals surface area (Å²) in [5.74, 6) is 0.887. The molecule has 30 heavy (non-hydrogen) atoms. The molecule has 0 saturated carbocycles. The highest BCUT2D eigenvalue weighted by Gasteiger charge is 2.36. The molecule has 0 aromatic heterocycles. The summed E-state index contributed by atoms with van der Waals surface area (Å²) in [4.78, 5) is 15.9. The standard InChI is InChI=1S/C26H21BrN2O/c27-21-13-11-19(12-14-21)23-17-22(18-7-3-1-4-8-18)24(26-28-15-16-29(23)26)25(30)20-9-5-2-6-10-20/h1-14,17,22,28H,15-16H2. The zero-order valence-corrected chi connectivity index (χ0v) is 18.0. The Bertz CT molecular complexity index is 1130. The Hall–Kier alpha value is -3.11. The van der Waals surface area contributed by atoms with Crippen LogP contribution in [0.3, 0.4) is 0 Å². The molecule has 0 spiro atoms. The van der Waals surface area contributed by atoms with Crippen LogP contribution in [-0.2, 0) is 0 Å². The second-order valence-corrected chi connectivity index (χ2v) is 8.40. The van der Waals surface area contributed by atoms with Crippen molar-refractivity contribution in [2.24, 2.45) is 0 Å². The van der Waals surface area contributed by atoms with Gasteiger partial charge in [0.2, 0.25) is 0 Å². The lowest BCUT2D eigenvalue weighted by molar-refractivity contribution is 0.102. The van der Waals surface area contributed by atoms with Crippen LogP contribution in [0, 0.1) is 0 Å². The Morgan fingerprint density at radius 1 is 0.900 bits per heavy atom. The van der Waals surface area contributed by atoms with E-state index in [4.69, 9.17) is 0 Å². The van der Waals surface area contributed by atoms with Gasteiger partial charge in [0.15, 0.2) is 5.78 Å². The van der Waals surface area contributed by atoms with E-state index in [2.05, 4.69) is 68.6 Å². The fourth-order valence-corrected chi connectivity index (χ4v) is 4.51. The SMILES string of the molecule is O=C(C1=C2NCCN2C(c2ccc(Br)cc2)=CC1c1ccccc1)c1ccccc1. The minimum absolute atomic E-state index is 0.0740. The summed E-state index contributed by atoms with van der Waals surface area (Å²) in [5, 5.41) is 3.50. The maximum absolute atomic E-state index is 13.7. The van der Waals surface area contributed by atoms with Crippen LogP contribution in [-0.4, -0.2) is 23.8 Å². The van der Waals surface area contributed by atoms with Gasteiger partial charge in [0.1, 0.15) is 5.82 Å². The molecular formula is C26H21BrN2O. The van der Waals surface area contributed by atoms with Crippen molar-refractivity contribution in [2.45, 2.75) is 5.92 Å². The van der Waals surface area contributed by atoms with Gasteiger partial charge in [-0.15, -0.1) is 0 Å². The van der Waals surface area contributed by atoms with Crippen LogP contribution in [0.4, 0.5) is 0 Å². The Morgan fingerprint density at radius 2 is 1.57 bits per heavy atom. The fourth-order valence-electron chi connectivity index (χ4n) is 4.24. The molecule has 3 nitrogen and oxygen atoms in total. The monoisotopic (exact) mass is 456 g/mol. The van der Waals surface area contributed by atoms with Gasteiger partial charge in [0.25, 0.3) is 0 Å². The number of rotatable bonds is 4. The third-order valence-corrected chi connectivity index (χ3v) is 6.19. The lowest BCUT2D eigenvalue weighted by Crippen LogP contribution is -2.30. The average Bonchev–Trinajstić information content (AvgIpc) is 3.29. The normalized spacial score (nSPS) is 18.0. The summed E-state index contributed by atoms with van der Waals surface area (Å²) >= 11 is 3.53. The number of carbonyl (C=O) groups excluding carboxylic acids is 1. The molecule has 1 unspecified atom stereocenters. The topological polar surface area (TPSA) is 32.3 Å². The Kier molecular flexibility index (Phi) is 5.01. The van der Waals surface area contributed by atoms with Crippen molar-refractivity contribution in [1.82, 2.24) is 10.2 Å². The molecule has 4 heteroatoms. The first-order chi connectivity index (χ1) is 14.7. The molecule has 2 aliphatic heterocycles. The second-order valence-electron chi connectivity index (χ2n) is 7.48. The molecule has 1 atom stereocenters. The smallest absolute Gasteiger partial charge is 0.193 e. The fraction of sp³-hybridized carbons (Fsp3) is 0.115. The van der Waals surface area contributed by atoms with Gasteiger partial charge in [0.05, 0.1) is 5.57 Å². The lowest BCUT2D eigenvalue weighted by Gasteiger charge is -2.33. The zero-order chi connectivity index (χ0) is 20.5. The van der Waals surface area contributed by atoms with Gasteiger partial charge in [-0.05, 0) is 29.3 Å². The van der Waals surface area contributed by atoms with Gasteiger partial charge in [-0.3, -0.25) is 4.79 Å². The summed E-state index contributed by atoms with van der Waals surface area (Å²) in [7, 11) is 0. The van der Waals surface area contributed by atoms with Crippen LogP contribution in [0.2, 0.25) is 0 Å². The summed E-state index contributed by atoms with van der Waals surface area (Å²) in [6, 6.07) is 28.2. The summed E-state index contributed by atoms with van der Waals surface area (Å²) in [5.41, 5.74) is 4.93. The van der Waals surface area contributed by atoms with Crippen LogP contribution < -0.4 is 5.32 Å². The summed E-state index contributed by atoms with van der Waals surface area (Å²) in [6.45, 7) is 1.65. The van der Waals surface area contributed by atoms with Crippen LogP contribution in [0.1, 0.15) is 27.4 Å². The Morgan fingerprint density at radius 3 is 2.27 bits per heavy atom. The molecule has 0 aliphatic carbocycles. The summed E-state index contributed by atoms with van der Waals surface area (Å²) < 4.78 is 1.05. The number of nitrogens with one attached hydrogen (secondary N) is 1. The number of fused-ring (bicyclic) bond motifs is 1. The molecule has 1 N–H and O–H groups in total. The molecule has 148 valence electrons.